The zero-order valence-electron chi connectivity index (χ0n) is 12.1. The fourth-order valence-electron chi connectivity index (χ4n) is 2.64. The summed E-state index contributed by atoms with van der Waals surface area (Å²) >= 11 is 0. The van der Waals surface area contributed by atoms with E-state index < -0.39 is 12.5 Å². The maximum atomic E-state index is 13.4. The number of phenolic OH excluding ortho intramolecular Hbond substituents is 1. The molecule has 1 aliphatic rings. The summed E-state index contributed by atoms with van der Waals surface area (Å²) in [5.41, 5.74) is 1.89. The Morgan fingerprint density at radius 1 is 1.10 bits per heavy atom. The van der Waals surface area contributed by atoms with E-state index in [1.807, 2.05) is 4.90 Å². The molecule has 0 unspecified atom stereocenters. The lowest BCUT2D eigenvalue weighted by molar-refractivity contribution is 0.0181. The van der Waals surface area contributed by atoms with Gasteiger partial charge in [-0.15, -0.1) is 24.8 Å². The van der Waals surface area contributed by atoms with E-state index in [1.165, 1.54) is 0 Å². The van der Waals surface area contributed by atoms with Crippen molar-refractivity contribution in [2.45, 2.75) is 26.3 Å². The number of hydrogen-bond acceptors (Lipinski definition) is 3. The van der Waals surface area contributed by atoms with Gasteiger partial charge >= 0.3 is 0 Å². The Labute approximate surface area is 136 Å². The van der Waals surface area contributed by atoms with Gasteiger partial charge < -0.3 is 10.4 Å². The zero-order valence-corrected chi connectivity index (χ0v) is 13.7. The lowest BCUT2D eigenvalue weighted by Crippen LogP contribution is -2.46. The molecular weight excluding hydrogens is 321 g/mol. The summed E-state index contributed by atoms with van der Waals surface area (Å²) in [7, 11) is 0. The Morgan fingerprint density at radius 2 is 1.57 bits per heavy atom. The maximum absolute atomic E-state index is 13.4. The van der Waals surface area contributed by atoms with Crippen LogP contribution in [0.2, 0.25) is 0 Å². The number of benzene rings is 1. The van der Waals surface area contributed by atoms with Gasteiger partial charge in [0, 0.05) is 26.2 Å². The topological polar surface area (TPSA) is 35.5 Å². The molecule has 1 aromatic rings. The van der Waals surface area contributed by atoms with Crippen LogP contribution < -0.4 is 5.32 Å². The van der Waals surface area contributed by atoms with Gasteiger partial charge in [0.1, 0.15) is 5.75 Å². The highest BCUT2D eigenvalue weighted by Crippen LogP contribution is 2.32. The summed E-state index contributed by atoms with van der Waals surface area (Å²) in [4.78, 5) is 1.81. The van der Waals surface area contributed by atoms with Gasteiger partial charge in [0.15, 0.2) is 0 Å². The molecule has 21 heavy (non-hydrogen) atoms. The first-order valence-electron chi connectivity index (χ1n) is 6.53. The van der Waals surface area contributed by atoms with Crippen LogP contribution in [0, 0.1) is 13.8 Å². The van der Waals surface area contributed by atoms with Crippen LogP contribution in [0.3, 0.4) is 0 Å². The molecule has 0 spiro atoms. The Balaban J connectivity index is 0.00000200. The van der Waals surface area contributed by atoms with Crippen LogP contribution in [0.5, 0.6) is 5.75 Å². The Morgan fingerprint density at radius 3 is 2.00 bits per heavy atom. The van der Waals surface area contributed by atoms with Gasteiger partial charge in [0.2, 0.25) is 0 Å². The molecule has 1 fully saturated rings. The second kappa shape index (κ2) is 8.73. The highest BCUT2D eigenvalue weighted by Gasteiger charge is 2.30. The molecule has 2 N–H and O–H groups in total. The monoisotopic (exact) mass is 342 g/mol. The fourth-order valence-corrected chi connectivity index (χ4v) is 2.64. The first-order chi connectivity index (χ1) is 9.00. The fraction of sp³-hybridized carbons (Fsp3) is 0.571. The standard InChI is InChI=1S/C14H20F2N2O.2ClH/c1-9-7-11(8-10(2)13(9)19)12(14(15)16)18-5-3-17-4-6-18;;/h7-8,12,14,17,19H,3-6H2,1-2H3;2*1H/t12-;;/m0../s1. The molecule has 0 radical (unpaired) electrons. The highest BCUT2D eigenvalue weighted by molar-refractivity contribution is 5.85. The van der Waals surface area contributed by atoms with Crippen molar-refractivity contribution in [3.63, 3.8) is 0 Å². The molecule has 0 bridgehead atoms. The number of hydrogen-bond donors (Lipinski definition) is 2. The van der Waals surface area contributed by atoms with Crippen molar-refractivity contribution < 1.29 is 13.9 Å². The number of rotatable bonds is 3. The van der Waals surface area contributed by atoms with Crippen molar-refractivity contribution in [3.05, 3.63) is 28.8 Å². The van der Waals surface area contributed by atoms with Gasteiger partial charge in [0.05, 0.1) is 6.04 Å². The van der Waals surface area contributed by atoms with E-state index in [2.05, 4.69) is 5.32 Å². The lowest BCUT2D eigenvalue weighted by atomic mass is 9.99. The maximum Gasteiger partial charge on any atom is 0.258 e. The molecule has 3 nitrogen and oxygen atoms in total. The third kappa shape index (κ3) is 4.68. The molecule has 122 valence electrons. The zero-order chi connectivity index (χ0) is 14.0. The van der Waals surface area contributed by atoms with Crippen LogP contribution in [-0.4, -0.2) is 42.6 Å². The van der Waals surface area contributed by atoms with Crippen molar-refractivity contribution >= 4 is 24.8 Å². The van der Waals surface area contributed by atoms with Crippen molar-refractivity contribution in [2.75, 3.05) is 26.2 Å². The minimum atomic E-state index is -2.43. The van der Waals surface area contributed by atoms with Gasteiger partial charge in [-0.05, 0) is 30.5 Å². The van der Waals surface area contributed by atoms with Gasteiger partial charge in [-0.1, -0.05) is 12.1 Å². The lowest BCUT2D eigenvalue weighted by Gasteiger charge is -2.35. The molecule has 0 amide bonds. The van der Waals surface area contributed by atoms with Crippen LogP contribution in [0.1, 0.15) is 22.7 Å². The molecule has 0 saturated carbocycles. The van der Waals surface area contributed by atoms with E-state index in [4.69, 9.17) is 0 Å². The molecule has 0 aromatic heterocycles. The van der Waals surface area contributed by atoms with E-state index >= 15 is 0 Å². The Hall–Kier alpha value is -0.620. The minimum absolute atomic E-state index is 0. The predicted molar refractivity (Wildman–Crippen MR) is 85.3 cm³/mol. The summed E-state index contributed by atoms with van der Waals surface area (Å²) in [5.74, 6) is 0.192. The normalized spacial score (nSPS) is 17.0. The van der Waals surface area contributed by atoms with Crippen molar-refractivity contribution in [2.24, 2.45) is 0 Å². The highest BCUT2D eigenvalue weighted by atomic mass is 35.5. The molecule has 0 aliphatic carbocycles. The van der Waals surface area contributed by atoms with E-state index in [-0.39, 0.29) is 30.6 Å². The van der Waals surface area contributed by atoms with E-state index in [0.29, 0.717) is 29.8 Å². The summed E-state index contributed by atoms with van der Waals surface area (Å²) < 4.78 is 26.8. The Bertz CT molecular complexity index is 432. The van der Waals surface area contributed by atoms with Gasteiger partial charge in [0.25, 0.3) is 6.43 Å². The molecule has 1 saturated heterocycles. The van der Waals surface area contributed by atoms with E-state index in [0.717, 1.165) is 13.1 Å². The number of piperazine rings is 1. The summed E-state index contributed by atoms with van der Waals surface area (Å²) in [6.07, 6.45) is -2.43. The molecule has 1 atom stereocenters. The average molecular weight is 343 g/mol. The summed E-state index contributed by atoms with van der Waals surface area (Å²) in [6.45, 7) is 6.19. The predicted octanol–water partition coefficient (Wildman–Crippen LogP) is 3.06. The first kappa shape index (κ1) is 20.4. The number of nitrogens with one attached hydrogen (secondary N) is 1. The Kier molecular flexibility index (Phi) is 8.48. The van der Waals surface area contributed by atoms with Crippen molar-refractivity contribution in [3.8, 4) is 5.75 Å². The smallest absolute Gasteiger partial charge is 0.258 e. The number of halogens is 4. The number of aryl methyl sites for hydroxylation is 2. The van der Waals surface area contributed by atoms with Crippen LogP contribution in [0.25, 0.3) is 0 Å². The van der Waals surface area contributed by atoms with Crippen LogP contribution in [0.15, 0.2) is 12.1 Å². The van der Waals surface area contributed by atoms with Crippen molar-refractivity contribution in [1.29, 1.82) is 0 Å². The van der Waals surface area contributed by atoms with E-state index in [9.17, 15) is 13.9 Å². The second-order valence-corrected chi connectivity index (χ2v) is 5.07. The van der Waals surface area contributed by atoms with Crippen LogP contribution >= 0.6 is 24.8 Å². The van der Waals surface area contributed by atoms with Gasteiger partial charge in [-0.25, -0.2) is 8.78 Å². The van der Waals surface area contributed by atoms with E-state index in [1.54, 1.807) is 26.0 Å². The molecule has 1 aliphatic heterocycles. The molecule has 1 aromatic carbocycles. The SMILES string of the molecule is Cc1cc([C@@H](C(F)F)N2CCNCC2)cc(C)c1O.Cl.Cl. The largest absolute Gasteiger partial charge is 0.507 e. The van der Waals surface area contributed by atoms with Crippen molar-refractivity contribution in [1.82, 2.24) is 10.2 Å². The molecule has 2 rings (SSSR count). The van der Waals surface area contributed by atoms with Crippen LogP contribution in [-0.2, 0) is 0 Å². The summed E-state index contributed by atoms with van der Waals surface area (Å²) in [6, 6.07) is 2.45. The average Bonchev–Trinajstić information content (AvgIpc) is 2.37. The van der Waals surface area contributed by atoms with Gasteiger partial charge in [-0.3, -0.25) is 4.90 Å². The number of alkyl halides is 2. The van der Waals surface area contributed by atoms with Gasteiger partial charge in [-0.2, -0.15) is 0 Å². The second-order valence-electron chi connectivity index (χ2n) is 5.07. The third-order valence-corrected chi connectivity index (χ3v) is 3.64. The molecule has 1 heterocycles. The molecular formula is C14H22Cl2F2N2O. The molecule has 7 heteroatoms. The number of phenols is 1. The first-order valence-corrected chi connectivity index (χ1v) is 6.53. The third-order valence-electron chi connectivity index (χ3n) is 3.64. The number of nitrogens with zero attached hydrogens (tertiary/aromatic N) is 1. The summed E-state index contributed by atoms with van der Waals surface area (Å²) in [5, 5.41) is 12.9. The minimum Gasteiger partial charge on any atom is -0.507 e. The quantitative estimate of drug-likeness (QED) is 0.886. The van der Waals surface area contributed by atoms with Crippen LogP contribution in [0.4, 0.5) is 8.78 Å². The number of aromatic hydroxyl groups is 1.